The molecule has 6 nitrogen and oxygen atoms in total. The lowest BCUT2D eigenvalue weighted by Crippen LogP contribution is -2.46. The molecular weight excluding hydrogens is 278 g/mol. The molecule has 0 radical (unpaired) electrons. The standard InChI is InChI=1S/C16H23N5O/c1-12-9-17-20(10-12)11-14-6-4-5-7-21(14)16(22)15-8-13(2)18-19(15)3/h8-10,14H,4-7,11H2,1-3H3/t14-/m0/s1. The van der Waals surface area contributed by atoms with Crippen LogP contribution in [0.2, 0.25) is 0 Å². The summed E-state index contributed by atoms with van der Waals surface area (Å²) in [5.41, 5.74) is 2.69. The van der Waals surface area contributed by atoms with Crippen LogP contribution < -0.4 is 0 Å². The maximum Gasteiger partial charge on any atom is 0.272 e. The Labute approximate surface area is 130 Å². The largest absolute Gasteiger partial charge is 0.332 e. The van der Waals surface area contributed by atoms with Gasteiger partial charge < -0.3 is 4.90 Å². The van der Waals surface area contributed by atoms with Crippen LogP contribution in [-0.4, -0.2) is 43.0 Å². The molecule has 1 fully saturated rings. The number of nitrogens with zero attached hydrogens (tertiary/aromatic N) is 5. The third kappa shape index (κ3) is 2.91. The zero-order valence-electron chi connectivity index (χ0n) is 13.5. The van der Waals surface area contributed by atoms with Crippen molar-refractivity contribution in [3.8, 4) is 0 Å². The van der Waals surface area contributed by atoms with Crippen molar-refractivity contribution in [2.24, 2.45) is 7.05 Å². The lowest BCUT2D eigenvalue weighted by atomic mass is 10.0. The van der Waals surface area contributed by atoms with Gasteiger partial charge in [0.15, 0.2) is 0 Å². The SMILES string of the molecule is Cc1cnn(C[C@@H]2CCCCN2C(=O)c2cc(C)nn2C)c1. The summed E-state index contributed by atoms with van der Waals surface area (Å²) in [6.07, 6.45) is 7.16. The van der Waals surface area contributed by atoms with E-state index in [9.17, 15) is 4.79 Å². The molecule has 3 rings (SSSR count). The van der Waals surface area contributed by atoms with Gasteiger partial charge >= 0.3 is 0 Å². The Morgan fingerprint density at radius 2 is 2.18 bits per heavy atom. The molecule has 0 saturated carbocycles. The Morgan fingerprint density at radius 3 is 2.82 bits per heavy atom. The maximum atomic E-state index is 12.9. The lowest BCUT2D eigenvalue weighted by molar-refractivity contribution is 0.0572. The summed E-state index contributed by atoms with van der Waals surface area (Å²) in [4.78, 5) is 14.9. The van der Waals surface area contributed by atoms with E-state index in [0.29, 0.717) is 5.69 Å². The minimum atomic E-state index is 0.0803. The van der Waals surface area contributed by atoms with Gasteiger partial charge in [-0.2, -0.15) is 10.2 Å². The smallest absolute Gasteiger partial charge is 0.272 e. The molecule has 1 aliphatic heterocycles. The van der Waals surface area contributed by atoms with Gasteiger partial charge in [0, 0.05) is 19.8 Å². The van der Waals surface area contributed by atoms with E-state index in [4.69, 9.17) is 0 Å². The first-order valence-corrected chi connectivity index (χ1v) is 7.85. The van der Waals surface area contributed by atoms with E-state index in [1.165, 1.54) is 6.42 Å². The Balaban J connectivity index is 1.80. The van der Waals surface area contributed by atoms with Crippen LogP contribution in [0.5, 0.6) is 0 Å². The summed E-state index contributed by atoms with van der Waals surface area (Å²) < 4.78 is 3.63. The monoisotopic (exact) mass is 301 g/mol. The number of rotatable bonds is 3. The van der Waals surface area contributed by atoms with Crippen molar-refractivity contribution in [3.63, 3.8) is 0 Å². The second kappa shape index (κ2) is 5.94. The van der Waals surface area contributed by atoms with Crippen molar-refractivity contribution in [3.05, 3.63) is 35.4 Å². The fourth-order valence-corrected chi connectivity index (χ4v) is 3.20. The molecule has 6 heteroatoms. The Hall–Kier alpha value is -2.11. The Kier molecular flexibility index (Phi) is 4.00. The molecule has 0 spiro atoms. The van der Waals surface area contributed by atoms with Crippen LogP contribution in [-0.2, 0) is 13.6 Å². The first kappa shape index (κ1) is 14.8. The zero-order valence-corrected chi connectivity index (χ0v) is 13.5. The number of amides is 1. The number of piperidine rings is 1. The Bertz CT molecular complexity index is 672. The average molecular weight is 301 g/mol. The van der Waals surface area contributed by atoms with Crippen molar-refractivity contribution < 1.29 is 4.79 Å². The number of carbonyl (C=O) groups excluding carboxylic acids is 1. The van der Waals surface area contributed by atoms with E-state index in [-0.39, 0.29) is 11.9 Å². The number of likely N-dealkylation sites (tertiary alicyclic amines) is 1. The molecule has 0 aliphatic carbocycles. The van der Waals surface area contributed by atoms with Gasteiger partial charge in [0.1, 0.15) is 5.69 Å². The number of carbonyl (C=O) groups is 1. The molecule has 3 heterocycles. The highest BCUT2D eigenvalue weighted by Crippen LogP contribution is 2.21. The van der Waals surface area contributed by atoms with Crippen LogP contribution in [0, 0.1) is 13.8 Å². The van der Waals surface area contributed by atoms with Gasteiger partial charge in [-0.05, 0) is 44.7 Å². The summed E-state index contributed by atoms with van der Waals surface area (Å²) in [5.74, 6) is 0.0803. The van der Waals surface area contributed by atoms with Crippen LogP contribution in [0.25, 0.3) is 0 Å². The molecular formula is C16H23N5O. The highest BCUT2D eigenvalue weighted by molar-refractivity contribution is 5.93. The fourth-order valence-electron chi connectivity index (χ4n) is 3.20. The van der Waals surface area contributed by atoms with Gasteiger partial charge in [-0.15, -0.1) is 0 Å². The van der Waals surface area contributed by atoms with Crippen molar-refractivity contribution in [1.82, 2.24) is 24.5 Å². The number of hydrogen-bond donors (Lipinski definition) is 0. The van der Waals surface area contributed by atoms with E-state index in [0.717, 1.165) is 37.2 Å². The number of aryl methyl sites for hydroxylation is 3. The number of aromatic nitrogens is 4. The summed E-state index contributed by atoms with van der Waals surface area (Å²) in [5, 5.41) is 8.65. The van der Waals surface area contributed by atoms with Gasteiger partial charge in [-0.25, -0.2) is 0 Å². The molecule has 1 amide bonds. The van der Waals surface area contributed by atoms with Gasteiger partial charge in [0.25, 0.3) is 5.91 Å². The van der Waals surface area contributed by atoms with E-state index in [1.807, 2.05) is 48.9 Å². The van der Waals surface area contributed by atoms with Crippen molar-refractivity contribution in [1.29, 1.82) is 0 Å². The molecule has 0 bridgehead atoms. The third-order valence-electron chi connectivity index (χ3n) is 4.27. The van der Waals surface area contributed by atoms with Crippen LogP contribution in [0.15, 0.2) is 18.5 Å². The maximum absolute atomic E-state index is 12.9. The summed E-state index contributed by atoms with van der Waals surface area (Å²) in [7, 11) is 1.83. The van der Waals surface area contributed by atoms with Crippen LogP contribution in [0.1, 0.15) is 41.0 Å². The van der Waals surface area contributed by atoms with Crippen LogP contribution in [0.3, 0.4) is 0 Å². The number of hydrogen-bond acceptors (Lipinski definition) is 3. The molecule has 1 atom stereocenters. The first-order valence-electron chi connectivity index (χ1n) is 7.85. The lowest BCUT2D eigenvalue weighted by Gasteiger charge is -2.35. The van der Waals surface area contributed by atoms with E-state index in [1.54, 1.807) is 4.68 Å². The average Bonchev–Trinajstić information content (AvgIpc) is 3.04. The quantitative estimate of drug-likeness (QED) is 0.870. The summed E-state index contributed by atoms with van der Waals surface area (Å²) in [6.45, 7) is 5.52. The predicted molar refractivity (Wildman–Crippen MR) is 83.6 cm³/mol. The second-order valence-corrected chi connectivity index (χ2v) is 6.18. The fraction of sp³-hybridized carbons (Fsp3) is 0.562. The predicted octanol–water partition coefficient (Wildman–Crippen LogP) is 1.93. The zero-order chi connectivity index (χ0) is 15.7. The van der Waals surface area contributed by atoms with Crippen molar-refractivity contribution in [2.75, 3.05) is 6.54 Å². The molecule has 0 aromatic carbocycles. The van der Waals surface area contributed by atoms with E-state index < -0.39 is 0 Å². The topological polar surface area (TPSA) is 56.0 Å². The summed E-state index contributed by atoms with van der Waals surface area (Å²) in [6, 6.07) is 2.07. The molecule has 0 N–H and O–H groups in total. The third-order valence-corrected chi connectivity index (χ3v) is 4.27. The molecule has 22 heavy (non-hydrogen) atoms. The molecule has 0 unspecified atom stereocenters. The molecule has 1 aliphatic rings. The van der Waals surface area contributed by atoms with Gasteiger partial charge in [0.2, 0.25) is 0 Å². The molecule has 118 valence electrons. The normalized spacial score (nSPS) is 18.7. The van der Waals surface area contributed by atoms with Gasteiger partial charge in [-0.1, -0.05) is 0 Å². The summed E-state index contributed by atoms with van der Waals surface area (Å²) >= 11 is 0. The highest BCUT2D eigenvalue weighted by Gasteiger charge is 2.29. The van der Waals surface area contributed by atoms with E-state index >= 15 is 0 Å². The second-order valence-electron chi connectivity index (χ2n) is 6.18. The minimum absolute atomic E-state index is 0.0803. The van der Waals surface area contributed by atoms with Crippen LogP contribution in [0.4, 0.5) is 0 Å². The van der Waals surface area contributed by atoms with Gasteiger partial charge in [0.05, 0.1) is 24.5 Å². The molecule has 2 aromatic heterocycles. The molecule has 1 saturated heterocycles. The van der Waals surface area contributed by atoms with E-state index in [2.05, 4.69) is 10.2 Å². The van der Waals surface area contributed by atoms with Gasteiger partial charge in [-0.3, -0.25) is 14.2 Å². The van der Waals surface area contributed by atoms with Crippen LogP contribution >= 0.6 is 0 Å². The van der Waals surface area contributed by atoms with Crippen molar-refractivity contribution >= 4 is 5.91 Å². The van der Waals surface area contributed by atoms with Crippen molar-refractivity contribution in [2.45, 2.75) is 45.7 Å². The Morgan fingerprint density at radius 1 is 1.36 bits per heavy atom. The highest BCUT2D eigenvalue weighted by atomic mass is 16.2. The minimum Gasteiger partial charge on any atom is -0.332 e. The molecule has 2 aromatic rings. The first-order chi connectivity index (χ1) is 10.5.